The zero-order chi connectivity index (χ0) is 18.5. The fourth-order valence-electron chi connectivity index (χ4n) is 7.40. The number of hydrogen-bond donors (Lipinski definition) is 1. The van der Waals surface area contributed by atoms with Gasteiger partial charge in [0.2, 0.25) is 5.91 Å². The van der Waals surface area contributed by atoms with E-state index in [1.54, 1.807) is 7.11 Å². The van der Waals surface area contributed by atoms with Gasteiger partial charge < -0.3 is 10.1 Å². The third-order valence-corrected chi connectivity index (χ3v) is 8.19. The van der Waals surface area contributed by atoms with E-state index in [0.29, 0.717) is 11.9 Å². The number of benzene rings is 1. The van der Waals surface area contributed by atoms with Gasteiger partial charge in [-0.15, -0.1) is 0 Å². The van der Waals surface area contributed by atoms with Crippen molar-refractivity contribution in [1.82, 2.24) is 5.32 Å². The molecule has 6 rings (SSSR count). The van der Waals surface area contributed by atoms with Crippen molar-refractivity contribution in [3.63, 3.8) is 0 Å². The molecule has 1 N–H and O–H groups in total. The number of hydrogen-bond acceptors (Lipinski definition) is 2. The van der Waals surface area contributed by atoms with Gasteiger partial charge in [0.25, 0.3) is 0 Å². The molecule has 1 amide bonds. The monoisotopic (exact) mass is 367 g/mol. The third-order valence-electron chi connectivity index (χ3n) is 8.19. The molecule has 5 fully saturated rings. The molecule has 5 aliphatic rings. The van der Waals surface area contributed by atoms with Crippen LogP contribution in [0.15, 0.2) is 24.3 Å². The molecule has 1 aromatic rings. The standard InChI is InChI=1S/C24H33NO2/c1-27-21-9-7-19(8-10-21)23-12-17-11-18(13-23)15-24(14-17,16-23)22(26)25-20-5-3-2-4-6-20/h7-10,17-18,20H,2-6,11-16H2,1H3,(H,25,26). The number of nitrogens with one attached hydrogen (secondary N) is 1. The molecule has 27 heavy (non-hydrogen) atoms. The molecule has 4 bridgehead atoms. The van der Waals surface area contributed by atoms with E-state index >= 15 is 0 Å². The van der Waals surface area contributed by atoms with Crippen molar-refractivity contribution in [3.05, 3.63) is 29.8 Å². The van der Waals surface area contributed by atoms with Crippen molar-refractivity contribution in [1.29, 1.82) is 0 Å². The van der Waals surface area contributed by atoms with Gasteiger partial charge in [-0.3, -0.25) is 4.79 Å². The van der Waals surface area contributed by atoms with Crippen LogP contribution in [0.3, 0.4) is 0 Å². The molecule has 0 aliphatic heterocycles. The lowest BCUT2D eigenvalue weighted by atomic mass is 9.42. The van der Waals surface area contributed by atoms with Crippen LogP contribution in [0.25, 0.3) is 0 Å². The molecule has 3 heteroatoms. The highest BCUT2D eigenvalue weighted by molar-refractivity contribution is 5.83. The predicted molar refractivity (Wildman–Crippen MR) is 107 cm³/mol. The van der Waals surface area contributed by atoms with E-state index in [9.17, 15) is 4.79 Å². The maximum Gasteiger partial charge on any atom is 0.226 e. The van der Waals surface area contributed by atoms with Gasteiger partial charge >= 0.3 is 0 Å². The van der Waals surface area contributed by atoms with Gasteiger partial charge in [0.15, 0.2) is 0 Å². The van der Waals surface area contributed by atoms with E-state index in [2.05, 4.69) is 29.6 Å². The van der Waals surface area contributed by atoms with Crippen molar-refractivity contribution >= 4 is 5.91 Å². The van der Waals surface area contributed by atoms with Gasteiger partial charge in [0.05, 0.1) is 12.5 Å². The maximum absolute atomic E-state index is 13.5. The highest BCUT2D eigenvalue weighted by atomic mass is 16.5. The number of rotatable bonds is 4. The van der Waals surface area contributed by atoms with Crippen LogP contribution in [-0.4, -0.2) is 19.1 Å². The van der Waals surface area contributed by atoms with Gasteiger partial charge in [0, 0.05) is 6.04 Å². The minimum Gasteiger partial charge on any atom is -0.497 e. The summed E-state index contributed by atoms with van der Waals surface area (Å²) in [7, 11) is 1.73. The lowest BCUT2D eigenvalue weighted by molar-refractivity contribution is -0.150. The summed E-state index contributed by atoms with van der Waals surface area (Å²) in [6, 6.07) is 9.15. The molecular formula is C24H33NO2. The summed E-state index contributed by atoms with van der Waals surface area (Å²) in [5.74, 6) is 2.77. The lowest BCUT2D eigenvalue weighted by Gasteiger charge is -2.61. The first kappa shape index (κ1) is 17.6. The first-order valence-corrected chi connectivity index (χ1v) is 11.1. The van der Waals surface area contributed by atoms with E-state index in [-0.39, 0.29) is 10.8 Å². The SMILES string of the molecule is COc1ccc(C23CC4CC(CC(C(=O)NC5CCCCC5)(C4)C2)C3)cc1. The Bertz CT molecular complexity index is 690. The molecule has 3 nitrogen and oxygen atoms in total. The van der Waals surface area contributed by atoms with Crippen molar-refractivity contribution in [2.45, 2.75) is 82.1 Å². The molecule has 2 unspecified atom stereocenters. The van der Waals surface area contributed by atoms with Crippen LogP contribution in [0.1, 0.15) is 76.2 Å². The number of carbonyl (C=O) groups excluding carboxylic acids is 1. The second-order valence-corrected chi connectivity index (χ2v) is 10.1. The van der Waals surface area contributed by atoms with Crippen LogP contribution in [0.2, 0.25) is 0 Å². The van der Waals surface area contributed by atoms with Crippen LogP contribution >= 0.6 is 0 Å². The normalized spacial score (nSPS) is 38.0. The number of amides is 1. The van der Waals surface area contributed by atoms with Crippen molar-refractivity contribution in [2.24, 2.45) is 17.3 Å². The molecule has 0 aromatic heterocycles. The first-order chi connectivity index (χ1) is 13.1. The summed E-state index contributed by atoms with van der Waals surface area (Å²) < 4.78 is 5.37. The summed E-state index contributed by atoms with van der Waals surface area (Å²) in [4.78, 5) is 13.5. The van der Waals surface area contributed by atoms with Crippen LogP contribution in [0.5, 0.6) is 5.75 Å². The van der Waals surface area contributed by atoms with Crippen LogP contribution in [0, 0.1) is 17.3 Å². The molecule has 5 saturated carbocycles. The minimum atomic E-state index is -0.110. The summed E-state index contributed by atoms with van der Waals surface area (Å²) in [6.07, 6.45) is 13.4. The third kappa shape index (κ3) is 2.98. The molecule has 5 aliphatic carbocycles. The Morgan fingerprint density at radius 1 is 1.00 bits per heavy atom. The van der Waals surface area contributed by atoms with Gasteiger partial charge in [0.1, 0.15) is 5.75 Å². The van der Waals surface area contributed by atoms with Crippen molar-refractivity contribution < 1.29 is 9.53 Å². The fraction of sp³-hybridized carbons (Fsp3) is 0.708. The van der Waals surface area contributed by atoms with E-state index in [4.69, 9.17) is 4.74 Å². The first-order valence-electron chi connectivity index (χ1n) is 11.1. The van der Waals surface area contributed by atoms with Crippen molar-refractivity contribution in [3.8, 4) is 5.75 Å². The Kier molecular flexibility index (Phi) is 4.25. The Labute approximate surface area is 163 Å². The average molecular weight is 368 g/mol. The predicted octanol–water partition coefficient (Wildman–Crippen LogP) is 4.98. The number of carbonyl (C=O) groups is 1. The second-order valence-electron chi connectivity index (χ2n) is 10.1. The van der Waals surface area contributed by atoms with E-state index < -0.39 is 0 Å². The molecule has 0 heterocycles. The van der Waals surface area contributed by atoms with Gasteiger partial charge in [-0.1, -0.05) is 31.4 Å². The zero-order valence-electron chi connectivity index (χ0n) is 16.6. The van der Waals surface area contributed by atoms with E-state index in [1.807, 2.05) is 0 Å². The number of methoxy groups -OCH3 is 1. The van der Waals surface area contributed by atoms with Gasteiger partial charge in [-0.2, -0.15) is 0 Å². The van der Waals surface area contributed by atoms with Crippen LogP contribution in [0.4, 0.5) is 0 Å². The molecule has 2 atom stereocenters. The Morgan fingerprint density at radius 2 is 1.67 bits per heavy atom. The largest absolute Gasteiger partial charge is 0.497 e. The summed E-state index contributed by atoms with van der Waals surface area (Å²) in [5, 5.41) is 3.50. The van der Waals surface area contributed by atoms with Crippen molar-refractivity contribution in [2.75, 3.05) is 7.11 Å². The summed E-state index contributed by atoms with van der Waals surface area (Å²) in [6.45, 7) is 0. The lowest BCUT2D eigenvalue weighted by Crippen LogP contribution is -2.60. The Hall–Kier alpha value is -1.51. The average Bonchev–Trinajstić information content (AvgIpc) is 2.68. The molecule has 0 spiro atoms. The fourth-order valence-corrected chi connectivity index (χ4v) is 7.40. The molecule has 0 saturated heterocycles. The topological polar surface area (TPSA) is 38.3 Å². The molecule has 146 valence electrons. The summed E-state index contributed by atoms with van der Waals surface area (Å²) in [5.41, 5.74) is 1.54. The highest BCUT2D eigenvalue weighted by Gasteiger charge is 2.61. The number of ether oxygens (including phenoxy) is 1. The Morgan fingerprint density at radius 3 is 2.30 bits per heavy atom. The molecule has 0 radical (unpaired) electrons. The second kappa shape index (κ2) is 6.53. The Balaban J connectivity index is 1.41. The van der Waals surface area contributed by atoms with Crippen LogP contribution < -0.4 is 10.1 Å². The van der Waals surface area contributed by atoms with Gasteiger partial charge in [-0.05, 0) is 86.3 Å². The minimum absolute atomic E-state index is 0.110. The van der Waals surface area contributed by atoms with E-state index in [1.165, 1.54) is 56.9 Å². The highest BCUT2D eigenvalue weighted by Crippen LogP contribution is 2.65. The smallest absolute Gasteiger partial charge is 0.226 e. The van der Waals surface area contributed by atoms with E-state index in [0.717, 1.165) is 36.8 Å². The molecule has 1 aromatic carbocycles. The molecular weight excluding hydrogens is 334 g/mol. The van der Waals surface area contributed by atoms with Crippen LogP contribution in [-0.2, 0) is 10.2 Å². The quantitative estimate of drug-likeness (QED) is 0.815. The summed E-state index contributed by atoms with van der Waals surface area (Å²) >= 11 is 0. The zero-order valence-corrected chi connectivity index (χ0v) is 16.6. The maximum atomic E-state index is 13.5. The van der Waals surface area contributed by atoms with Gasteiger partial charge in [-0.25, -0.2) is 0 Å².